The fraction of sp³-hybridized carbons (Fsp3) is 0.400. The highest BCUT2D eigenvalue weighted by Crippen LogP contribution is 2.30. The van der Waals surface area contributed by atoms with E-state index in [9.17, 15) is 0 Å². The standard InChI is InChI=1S/C15H19N3O/c1-2-19-14-8-4-3-6-11(14)13-10-17-15(18-13)12-7-5-9-16-12/h3-4,6,8,10,12,16H,2,5,7,9H2,1H3,(H,17,18)/t12-/m0/s1. The summed E-state index contributed by atoms with van der Waals surface area (Å²) < 4.78 is 5.66. The van der Waals surface area contributed by atoms with Crippen LogP contribution in [0, 0.1) is 0 Å². The second-order valence-electron chi connectivity index (χ2n) is 4.76. The number of rotatable bonds is 4. The third kappa shape index (κ3) is 2.49. The molecular weight excluding hydrogens is 238 g/mol. The number of nitrogens with one attached hydrogen (secondary N) is 2. The van der Waals surface area contributed by atoms with Crippen molar-refractivity contribution in [3.63, 3.8) is 0 Å². The van der Waals surface area contributed by atoms with Crippen LogP contribution in [0.3, 0.4) is 0 Å². The summed E-state index contributed by atoms with van der Waals surface area (Å²) in [7, 11) is 0. The van der Waals surface area contributed by atoms with E-state index in [1.807, 2.05) is 31.3 Å². The summed E-state index contributed by atoms with van der Waals surface area (Å²) in [5.41, 5.74) is 2.09. The number of aromatic nitrogens is 2. The number of imidazole rings is 1. The lowest BCUT2D eigenvalue weighted by Gasteiger charge is -2.09. The van der Waals surface area contributed by atoms with Crippen LogP contribution in [0.15, 0.2) is 30.5 Å². The fourth-order valence-electron chi connectivity index (χ4n) is 2.54. The maximum atomic E-state index is 5.66. The molecule has 0 bridgehead atoms. The Morgan fingerprint density at radius 2 is 2.26 bits per heavy atom. The zero-order valence-corrected chi connectivity index (χ0v) is 11.1. The van der Waals surface area contributed by atoms with Crippen LogP contribution in [0.25, 0.3) is 11.3 Å². The van der Waals surface area contributed by atoms with Gasteiger partial charge in [0, 0.05) is 5.56 Å². The number of hydrogen-bond donors (Lipinski definition) is 2. The predicted molar refractivity (Wildman–Crippen MR) is 75.2 cm³/mol. The van der Waals surface area contributed by atoms with Crippen LogP contribution >= 0.6 is 0 Å². The van der Waals surface area contributed by atoms with Gasteiger partial charge in [0.1, 0.15) is 11.6 Å². The molecule has 1 fully saturated rings. The van der Waals surface area contributed by atoms with Crippen molar-refractivity contribution in [3.8, 4) is 17.0 Å². The monoisotopic (exact) mass is 257 g/mol. The van der Waals surface area contributed by atoms with Crippen LogP contribution in [0.1, 0.15) is 31.6 Å². The molecule has 0 saturated carbocycles. The van der Waals surface area contributed by atoms with E-state index < -0.39 is 0 Å². The van der Waals surface area contributed by atoms with Crippen molar-refractivity contribution in [2.24, 2.45) is 0 Å². The third-order valence-corrected chi connectivity index (χ3v) is 3.46. The molecule has 3 rings (SSSR count). The molecule has 1 aromatic carbocycles. The molecule has 4 nitrogen and oxygen atoms in total. The molecule has 1 aliphatic rings. The minimum atomic E-state index is 0.369. The molecule has 1 aliphatic heterocycles. The van der Waals surface area contributed by atoms with E-state index in [0.29, 0.717) is 12.6 Å². The molecule has 0 amide bonds. The highest BCUT2D eigenvalue weighted by molar-refractivity contribution is 5.66. The first-order valence-corrected chi connectivity index (χ1v) is 6.89. The number of ether oxygens (including phenoxy) is 1. The van der Waals surface area contributed by atoms with Gasteiger partial charge in [0.25, 0.3) is 0 Å². The molecule has 1 aromatic heterocycles. The van der Waals surface area contributed by atoms with Gasteiger partial charge < -0.3 is 15.0 Å². The zero-order chi connectivity index (χ0) is 13.1. The second-order valence-corrected chi connectivity index (χ2v) is 4.76. The summed E-state index contributed by atoms with van der Waals surface area (Å²) in [5, 5.41) is 3.45. The van der Waals surface area contributed by atoms with E-state index in [0.717, 1.165) is 35.8 Å². The molecule has 100 valence electrons. The first-order valence-electron chi connectivity index (χ1n) is 6.89. The van der Waals surface area contributed by atoms with Crippen LogP contribution in [0.2, 0.25) is 0 Å². The van der Waals surface area contributed by atoms with Crippen molar-refractivity contribution in [2.75, 3.05) is 13.2 Å². The minimum absolute atomic E-state index is 0.369. The number of benzene rings is 1. The third-order valence-electron chi connectivity index (χ3n) is 3.46. The minimum Gasteiger partial charge on any atom is -0.493 e. The number of para-hydroxylation sites is 1. The zero-order valence-electron chi connectivity index (χ0n) is 11.1. The van der Waals surface area contributed by atoms with Crippen molar-refractivity contribution in [2.45, 2.75) is 25.8 Å². The van der Waals surface area contributed by atoms with E-state index >= 15 is 0 Å². The van der Waals surface area contributed by atoms with Gasteiger partial charge in [0.15, 0.2) is 0 Å². The molecule has 0 unspecified atom stereocenters. The van der Waals surface area contributed by atoms with Crippen molar-refractivity contribution in [1.82, 2.24) is 15.3 Å². The summed E-state index contributed by atoms with van der Waals surface area (Å²) in [4.78, 5) is 7.92. The molecule has 1 atom stereocenters. The average Bonchev–Trinajstić information content (AvgIpc) is 3.11. The predicted octanol–water partition coefficient (Wildman–Crippen LogP) is 2.90. The lowest BCUT2D eigenvalue weighted by atomic mass is 10.1. The highest BCUT2D eigenvalue weighted by Gasteiger charge is 2.19. The van der Waals surface area contributed by atoms with Crippen molar-refractivity contribution >= 4 is 0 Å². The second kappa shape index (κ2) is 5.45. The van der Waals surface area contributed by atoms with Crippen LogP contribution in [0.4, 0.5) is 0 Å². The van der Waals surface area contributed by atoms with Gasteiger partial charge in [-0.1, -0.05) is 12.1 Å². The Bertz CT molecular complexity index is 544. The van der Waals surface area contributed by atoms with Crippen molar-refractivity contribution in [1.29, 1.82) is 0 Å². The summed E-state index contributed by atoms with van der Waals surface area (Å²) in [5.74, 6) is 1.93. The molecule has 0 spiro atoms. The highest BCUT2D eigenvalue weighted by atomic mass is 16.5. The van der Waals surface area contributed by atoms with Gasteiger partial charge in [0.2, 0.25) is 0 Å². The first-order chi connectivity index (χ1) is 9.38. The van der Waals surface area contributed by atoms with Gasteiger partial charge in [-0.15, -0.1) is 0 Å². The lowest BCUT2D eigenvalue weighted by Crippen LogP contribution is -2.14. The largest absolute Gasteiger partial charge is 0.493 e. The summed E-state index contributed by atoms with van der Waals surface area (Å²) in [6.45, 7) is 3.75. The normalized spacial score (nSPS) is 18.7. The van der Waals surface area contributed by atoms with E-state index in [2.05, 4.69) is 21.4 Å². The molecule has 19 heavy (non-hydrogen) atoms. The van der Waals surface area contributed by atoms with Crippen LogP contribution in [-0.4, -0.2) is 23.1 Å². The molecule has 2 heterocycles. The van der Waals surface area contributed by atoms with E-state index in [1.54, 1.807) is 0 Å². The van der Waals surface area contributed by atoms with E-state index in [-0.39, 0.29) is 0 Å². The summed E-state index contributed by atoms with van der Waals surface area (Å²) in [6.07, 6.45) is 4.27. The Labute approximate surface area is 113 Å². The van der Waals surface area contributed by atoms with Gasteiger partial charge in [0.05, 0.1) is 24.5 Å². The lowest BCUT2D eigenvalue weighted by molar-refractivity contribution is 0.341. The van der Waals surface area contributed by atoms with Crippen LogP contribution in [-0.2, 0) is 0 Å². The molecule has 0 aliphatic carbocycles. The summed E-state index contributed by atoms with van der Waals surface area (Å²) in [6, 6.07) is 8.43. The molecule has 0 radical (unpaired) electrons. The van der Waals surface area contributed by atoms with Gasteiger partial charge in [-0.3, -0.25) is 0 Å². The Morgan fingerprint density at radius 1 is 1.37 bits per heavy atom. The SMILES string of the molecule is CCOc1ccccc1-c1cnc([C@@H]2CCCN2)[nH]1. The van der Waals surface area contributed by atoms with Crippen LogP contribution < -0.4 is 10.1 Å². The van der Waals surface area contributed by atoms with Gasteiger partial charge in [-0.25, -0.2) is 4.98 Å². The van der Waals surface area contributed by atoms with Crippen molar-refractivity contribution < 1.29 is 4.74 Å². The van der Waals surface area contributed by atoms with Gasteiger partial charge >= 0.3 is 0 Å². The molecule has 1 saturated heterocycles. The number of H-pyrrole nitrogens is 1. The van der Waals surface area contributed by atoms with Gasteiger partial charge in [-0.2, -0.15) is 0 Å². The Morgan fingerprint density at radius 3 is 3.05 bits per heavy atom. The molecular formula is C15H19N3O. The first kappa shape index (κ1) is 12.2. The quantitative estimate of drug-likeness (QED) is 0.885. The topological polar surface area (TPSA) is 49.9 Å². The number of nitrogens with zero attached hydrogens (tertiary/aromatic N) is 1. The van der Waals surface area contributed by atoms with Crippen molar-refractivity contribution in [3.05, 3.63) is 36.3 Å². The Balaban J connectivity index is 1.89. The smallest absolute Gasteiger partial charge is 0.128 e. The Hall–Kier alpha value is -1.81. The average molecular weight is 257 g/mol. The number of aromatic amines is 1. The number of hydrogen-bond acceptors (Lipinski definition) is 3. The summed E-state index contributed by atoms with van der Waals surface area (Å²) >= 11 is 0. The van der Waals surface area contributed by atoms with Gasteiger partial charge in [-0.05, 0) is 38.4 Å². The molecule has 2 aromatic rings. The Kier molecular flexibility index (Phi) is 3.51. The maximum absolute atomic E-state index is 5.66. The maximum Gasteiger partial charge on any atom is 0.128 e. The van der Waals surface area contributed by atoms with E-state index in [1.165, 1.54) is 6.42 Å². The molecule has 4 heteroatoms. The van der Waals surface area contributed by atoms with Crippen LogP contribution in [0.5, 0.6) is 5.75 Å². The van der Waals surface area contributed by atoms with E-state index in [4.69, 9.17) is 4.74 Å². The fourth-order valence-corrected chi connectivity index (χ4v) is 2.54. The molecule has 2 N–H and O–H groups in total.